The van der Waals surface area contributed by atoms with E-state index in [2.05, 4.69) is 22.2 Å². The minimum Gasteiger partial charge on any atom is -0.314 e. The largest absolute Gasteiger partial charge is 0.314 e. The second-order valence-electron chi connectivity index (χ2n) is 6.61. The van der Waals surface area contributed by atoms with Crippen molar-refractivity contribution >= 4 is 0 Å². The van der Waals surface area contributed by atoms with Crippen molar-refractivity contribution in [1.82, 2.24) is 15.1 Å². The molecular formula is C15H29N3. The molecule has 3 aliphatic heterocycles. The number of hydrogen-bond donors (Lipinski definition) is 1. The smallest absolute Gasteiger partial charge is 0.0120 e. The molecule has 0 aliphatic carbocycles. The molecule has 0 radical (unpaired) electrons. The maximum absolute atomic E-state index is 3.70. The number of nitrogens with one attached hydrogen (secondary N) is 1. The minimum absolute atomic E-state index is 0.852. The maximum Gasteiger partial charge on any atom is 0.0120 e. The summed E-state index contributed by atoms with van der Waals surface area (Å²) in [4.78, 5) is 5.27. The van der Waals surface area contributed by atoms with Gasteiger partial charge in [0.05, 0.1) is 0 Å². The summed E-state index contributed by atoms with van der Waals surface area (Å²) in [5, 5.41) is 3.70. The second-order valence-corrected chi connectivity index (χ2v) is 6.61. The van der Waals surface area contributed by atoms with E-state index in [9.17, 15) is 0 Å². The van der Waals surface area contributed by atoms with Crippen LogP contribution in [0, 0.1) is 5.92 Å². The van der Waals surface area contributed by atoms with Crippen LogP contribution in [0.15, 0.2) is 0 Å². The van der Waals surface area contributed by atoms with Crippen LogP contribution in [-0.4, -0.2) is 61.7 Å². The van der Waals surface area contributed by atoms with Crippen molar-refractivity contribution in [3.8, 4) is 0 Å². The highest BCUT2D eigenvalue weighted by atomic mass is 15.2. The molecular weight excluding hydrogens is 222 g/mol. The van der Waals surface area contributed by atoms with Gasteiger partial charge in [-0.05, 0) is 84.2 Å². The van der Waals surface area contributed by atoms with E-state index in [1.807, 2.05) is 0 Å². The molecule has 3 saturated heterocycles. The van der Waals surface area contributed by atoms with Crippen LogP contribution in [-0.2, 0) is 0 Å². The Kier molecular flexibility index (Phi) is 4.22. The molecule has 104 valence electrons. The summed E-state index contributed by atoms with van der Waals surface area (Å²) in [7, 11) is 2.26. The van der Waals surface area contributed by atoms with E-state index in [1.165, 1.54) is 71.2 Å². The van der Waals surface area contributed by atoms with E-state index in [4.69, 9.17) is 0 Å². The molecule has 0 aromatic heterocycles. The highest BCUT2D eigenvalue weighted by Crippen LogP contribution is 2.28. The fourth-order valence-corrected chi connectivity index (χ4v) is 4.16. The molecule has 1 N–H and O–H groups in total. The number of piperidine rings is 2. The molecule has 0 aromatic carbocycles. The van der Waals surface area contributed by atoms with E-state index >= 15 is 0 Å². The zero-order chi connectivity index (χ0) is 12.4. The monoisotopic (exact) mass is 251 g/mol. The Morgan fingerprint density at radius 1 is 0.889 bits per heavy atom. The lowest BCUT2D eigenvalue weighted by Crippen LogP contribution is -2.48. The molecule has 3 aliphatic rings. The molecule has 3 rings (SSSR count). The Morgan fingerprint density at radius 3 is 2.22 bits per heavy atom. The van der Waals surface area contributed by atoms with Gasteiger partial charge in [0, 0.05) is 12.1 Å². The Balaban J connectivity index is 1.44. The molecule has 3 nitrogen and oxygen atoms in total. The summed E-state index contributed by atoms with van der Waals surface area (Å²) in [5.74, 6) is 0.968. The molecule has 0 amide bonds. The van der Waals surface area contributed by atoms with Crippen LogP contribution in [0.4, 0.5) is 0 Å². The molecule has 3 heterocycles. The quantitative estimate of drug-likeness (QED) is 0.803. The van der Waals surface area contributed by atoms with Crippen molar-refractivity contribution in [2.45, 2.75) is 50.6 Å². The van der Waals surface area contributed by atoms with Gasteiger partial charge in [0.25, 0.3) is 0 Å². The van der Waals surface area contributed by atoms with Crippen molar-refractivity contribution in [2.24, 2.45) is 5.92 Å². The van der Waals surface area contributed by atoms with Gasteiger partial charge in [-0.3, -0.25) is 0 Å². The molecule has 0 aromatic rings. The van der Waals surface area contributed by atoms with Crippen LogP contribution >= 0.6 is 0 Å². The second kappa shape index (κ2) is 5.89. The summed E-state index contributed by atoms with van der Waals surface area (Å²) >= 11 is 0. The average Bonchev–Trinajstić information content (AvgIpc) is 2.94. The van der Waals surface area contributed by atoms with E-state index in [1.54, 1.807) is 0 Å². The summed E-state index contributed by atoms with van der Waals surface area (Å²) in [6.45, 7) is 6.58. The number of likely N-dealkylation sites (tertiary alicyclic amines) is 2. The van der Waals surface area contributed by atoms with Gasteiger partial charge in [0.2, 0.25) is 0 Å². The molecule has 18 heavy (non-hydrogen) atoms. The van der Waals surface area contributed by atoms with Gasteiger partial charge < -0.3 is 15.1 Å². The van der Waals surface area contributed by atoms with Gasteiger partial charge in [-0.2, -0.15) is 0 Å². The number of rotatable bonds is 2. The first-order valence-electron chi connectivity index (χ1n) is 7.99. The van der Waals surface area contributed by atoms with E-state index in [-0.39, 0.29) is 0 Å². The van der Waals surface area contributed by atoms with Crippen molar-refractivity contribution in [3.63, 3.8) is 0 Å². The molecule has 1 atom stereocenters. The average molecular weight is 251 g/mol. The zero-order valence-electron chi connectivity index (χ0n) is 11.9. The van der Waals surface area contributed by atoms with Crippen LogP contribution < -0.4 is 5.32 Å². The van der Waals surface area contributed by atoms with Gasteiger partial charge >= 0.3 is 0 Å². The minimum atomic E-state index is 0.852. The van der Waals surface area contributed by atoms with Crippen molar-refractivity contribution < 1.29 is 0 Å². The third-order valence-corrected chi connectivity index (χ3v) is 5.45. The van der Waals surface area contributed by atoms with Crippen LogP contribution in [0.3, 0.4) is 0 Å². The third-order valence-electron chi connectivity index (χ3n) is 5.45. The lowest BCUT2D eigenvalue weighted by atomic mass is 9.87. The number of nitrogens with zero attached hydrogens (tertiary/aromatic N) is 2. The first kappa shape index (κ1) is 12.9. The van der Waals surface area contributed by atoms with Crippen LogP contribution in [0.1, 0.15) is 38.5 Å². The highest BCUT2D eigenvalue weighted by molar-refractivity contribution is 4.88. The van der Waals surface area contributed by atoms with Gasteiger partial charge in [0.15, 0.2) is 0 Å². The molecule has 0 spiro atoms. The summed E-state index contributed by atoms with van der Waals surface area (Å²) < 4.78 is 0. The lowest BCUT2D eigenvalue weighted by Gasteiger charge is -2.42. The SMILES string of the molecule is CN1CCC(N2CCC(C3CCCN3)CC2)CC1. The van der Waals surface area contributed by atoms with Gasteiger partial charge in [-0.25, -0.2) is 0 Å². The van der Waals surface area contributed by atoms with E-state index in [0.717, 1.165) is 18.0 Å². The van der Waals surface area contributed by atoms with Crippen molar-refractivity contribution in [3.05, 3.63) is 0 Å². The summed E-state index contributed by atoms with van der Waals surface area (Å²) in [6, 6.07) is 1.74. The normalized spacial score (nSPS) is 34.2. The predicted molar refractivity (Wildman–Crippen MR) is 75.8 cm³/mol. The van der Waals surface area contributed by atoms with Crippen LogP contribution in [0.25, 0.3) is 0 Å². The van der Waals surface area contributed by atoms with Gasteiger partial charge in [-0.15, -0.1) is 0 Å². The van der Waals surface area contributed by atoms with E-state index in [0.29, 0.717) is 0 Å². The molecule has 1 unspecified atom stereocenters. The highest BCUT2D eigenvalue weighted by Gasteiger charge is 2.31. The van der Waals surface area contributed by atoms with Crippen molar-refractivity contribution in [2.75, 3.05) is 39.8 Å². The van der Waals surface area contributed by atoms with Crippen LogP contribution in [0.2, 0.25) is 0 Å². The summed E-state index contributed by atoms with van der Waals surface area (Å²) in [5.41, 5.74) is 0. The van der Waals surface area contributed by atoms with E-state index < -0.39 is 0 Å². The summed E-state index contributed by atoms with van der Waals surface area (Å²) in [6.07, 6.45) is 8.48. The zero-order valence-corrected chi connectivity index (χ0v) is 11.9. The Hall–Kier alpha value is -0.120. The Labute approximate surface area is 112 Å². The standard InChI is InChI=1S/C15H29N3/c1-17-9-6-14(7-10-17)18-11-4-13(5-12-18)15-3-2-8-16-15/h13-16H,2-12H2,1H3. The lowest BCUT2D eigenvalue weighted by molar-refractivity contribution is 0.0785. The fourth-order valence-electron chi connectivity index (χ4n) is 4.16. The number of hydrogen-bond acceptors (Lipinski definition) is 3. The predicted octanol–water partition coefficient (Wildman–Crippen LogP) is 1.54. The van der Waals surface area contributed by atoms with Gasteiger partial charge in [0.1, 0.15) is 0 Å². The molecule has 3 heteroatoms. The molecule has 0 saturated carbocycles. The van der Waals surface area contributed by atoms with Crippen LogP contribution in [0.5, 0.6) is 0 Å². The Morgan fingerprint density at radius 2 is 1.61 bits per heavy atom. The van der Waals surface area contributed by atoms with Gasteiger partial charge in [-0.1, -0.05) is 0 Å². The Bertz CT molecular complexity index is 246. The fraction of sp³-hybridized carbons (Fsp3) is 1.00. The molecule has 3 fully saturated rings. The third kappa shape index (κ3) is 2.89. The topological polar surface area (TPSA) is 18.5 Å². The first-order valence-corrected chi connectivity index (χ1v) is 7.99. The van der Waals surface area contributed by atoms with Crippen molar-refractivity contribution in [1.29, 1.82) is 0 Å². The first-order chi connectivity index (χ1) is 8.83. The molecule has 0 bridgehead atoms. The maximum atomic E-state index is 3.70.